The summed E-state index contributed by atoms with van der Waals surface area (Å²) in [6, 6.07) is 14.6. The summed E-state index contributed by atoms with van der Waals surface area (Å²) in [6.45, 7) is 4.28. The van der Waals surface area contributed by atoms with Gasteiger partial charge in [0.1, 0.15) is 5.75 Å². The fraction of sp³-hybridized carbons (Fsp3) is 0.222. The summed E-state index contributed by atoms with van der Waals surface area (Å²) in [5, 5.41) is 10.7. The van der Waals surface area contributed by atoms with Crippen LogP contribution >= 0.6 is 12.2 Å². The van der Waals surface area contributed by atoms with Gasteiger partial charge in [0.05, 0.1) is 19.8 Å². The van der Waals surface area contributed by atoms with Crippen molar-refractivity contribution in [2.75, 3.05) is 31.4 Å². The Balaban J connectivity index is 1.49. The molecule has 0 spiro atoms. The molecular formula is C27H29N7O3S. The maximum absolute atomic E-state index is 11.7. The van der Waals surface area contributed by atoms with E-state index in [1.807, 2.05) is 44.3 Å². The molecule has 38 heavy (non-hydrogen) atoms. The molecule has 0 bridgehead atoms. The predicted octanol–water partition coefficient (Wildman–Crippen LogP) is 4.37. The third-order valence-electron chi connectivity index (χ3n) is 5.63. The molecule has 4 N–H and O–H groups in total. The first-order valence-corrected chi connectivity index (χ1v) is 12.3. The molecule has 0 saturated heterocycles. The molecule has 2 aromatic carbocycles. The van der Waals surface area contributed by atoms with E-state index in [0.717, 1.165) is 33.6 Å². The minimum atomic E-state index is -0.405. The first-order valence-electron chi connectivity index (χ1n) is 11.9. The standard InChI is InChI=1S/C27H29N7O3S/c1-16-13-17(2)31-26(30-16)33-25(34-27(38)32-20-7-5-18(6-8-20)24(35)37-4)28-12-11-19-15-29-23-10-9-21(36-3)14-22(19)23/h5-10,13-15,29H,11-12H2,1-4H3,(H3,28,30,31,32,33,34,38). The Labute approximate surface area is 225 Å². The van der Waals surface area contributed by atoms with Gasteiger partial charge in [0.2, 0.25) is 11.9 Å². The quantitative estimate of drug-likeness (QED) is 0.119. The number of nitrogens with zero attached hydrogens (tertiary/aromatic N) is 3. The highest BCUT2D eigenvalue weighted by atomic mass is 32.1. The second-order valence-corrected chi connectivity index (χ2v) is 8.86. The summed E-state index contributed by atoms with van der Waals surface area (Å²) >= 11 is 5.51. The molecule has 0 aliphatic carbocycles. The number of fused-ring (bicyclic) bond motifs is 1. The number of benzene rings is 2. The fourth-order valence-electron chi connectivity index (χ4n) is 3.85. The Morgan fingerprint density at radius 3 is 2.45 bits per heavy atom. The number of H-pyrrole nitrogens is 1. The highest BCUT2D eigenvalue weighted by molar-refractivity contribution is 7.80. The van der Waals surface area contributed by atoms with Gasteiger partial charge in [-0.05, 0) is 86.6 Å². The molecule has 196 valence electrons. The number of esters is 1. The van der Waals surface area contributed by atoms with Gasteiger partial charge in [-0.25, -0.2) is 14.8 Å². The number of carbonyl (C=O) groups is 1. The van der Waals surface area contributed by atoms with Crippen LogP contribution in [0.15, 0.2) is 59.7 Å². The third kappa shape index (κ3) is 6.83. The molecule has 4 aromatic rings. The van der Waals surface area contributed by atoms with Crippen LogP contribution < -0.4 is 20.7 Å². The largest absolute Gasteiger partial charge is 0.497 e. The lowest BCUT2D eigenvalue weighted by Crippen LogP contribution is -2.39. The molecule has 0 saturated carbocycles. The molecule has 0 aliphatic rings. The monoisotopic (exact) mass is 531 g/mol. The number of aryl methyl sites for hydroxylation is 2. The molecule has 0 fully saturated rings. The Bertz CT molecular complexity index is 1460. The van der Waals surface area contributed by atoms with Crippen molar-refractivity contribution >= 4 is 51.8 Å². The summed E-state index contributed by atoms with van der Waals surface area (Å²) in [5.41, 5.74) is 4.97. The smallest absolute Gasteiger partial charge is 0.337 e. The van der Waals surface area contributed by atoms with Crippen LogP contribution in [0.5, 0.6) is 5.75 Å². The highest BCUT2D eigenvalue weighted by Gasteiger charge is 2.10. The van der Waals surface area contributed by atoms with Crippen LogP contribution in [0.2, 0.25) is 0 Å². The van der Waals surface area contributed by atoms with Gasteiger partial charge in [0, 0.05) is 40.7 Å². The van der Waals surface area contributed by atoms with Gasteiger partial charge in [-0.3, -0.25) is 10.3 Å². The lowest BCUT2D eigenvalue weighted by Gasteiger charge is -2.14. The topological polar surface area (TPSA) is 126 Å². The van der Waals surface area contributed by atoms with Gasteiger partial charge in [-0.2, -0.15) is 0 Å². The molecule has 10 nitrogen and oxygen atoms in total. The van der Waals surface area contributed by atoms with Gasteiger partial charge < -0.3 is 25.1 Å². The van der Waals surface area contributed by atoms with Crippen LogP contribution in [-0.4, -0.2) is 52.8 Å². The van der Waals surface area contributed by atoms with E-state index < -0.39 is 5.97 Å². The van der Waals surface area contributed by atoms with Crippen LogP contribution in [0.25, 0.3) is 10.9 Å². The van der Waals surface area contributed by atoms with Crippen molar-refractivity contribution in [2.24, 2.45) is 4.99 Å². The summed E-state index contributed by atoms with van der Waals surface area (Å²) in [7, 11) is 3.00. The number of anilines is 2. The van der Waals surface area contributed by atoms with Crippen LogP contribution in [-0.2, 0) is 11.2 Å². The van der Waals surface area contributed by atoms with Crippen LogP contribution in [0.1, 0.15) is 27.3 Å². The van der Waals surface area contributed by atoms with Crippen LogP contribution in [0.4, 0.5) is 11.6 Å². The number of hydrogen-bond donors (Lipinski definition) is 4. The molecule has 0 atom stereocenters. The highest BCUT2D eigenvalue weighted by Crippen LogP contribution is 2.24. The van der Waals surface area contributed by atoms with Gasteiger partial charge in [-0.15, -0.1) is 0 Å². The van der Waals surface area contributed by atoms with E-state index in [1.165, 1.54) is 7.11 Å². The maximum atomic E-state index is 11.7. The summed E-state index contributed by atoms with van der Waals surface area (Å²) in [4.78, 5) is 28.6. The Morgan fingerprint density at radius 1 is 1.03 bits per heavy atom. The first-order chi connectivity index (χ1) is 18.3. The van der Waals surface area contributed by atoms with E-state index in [0.29, 0.717) is 41.2 Å². The number of aromatic amines is 1. The second kappa shape index (κ2) is 12.2. The number of guanidine groups is 1. The molecule has 0 unspecified atom stereocenters. The van der Waals surface area contributed by atoms with E-state index in [1.54, 1.807) is 31.4 Å². The van der Waals surface area contributed by atoms with E-state index in [2.05, 4.69) is 30.9 Å². The summed E-state index contributed by atoms with van der Waals surface area (Å²) in [6.07, 6.45) is 2.67. The number of aromatic nitrogens is 3. The number of rotatable bonds is 7. The molecule has 2 aromatic heterocycles. The van der Waals surface area contributed by atoms with Gasteiger partial charge in [0.15, 0.2) is 5.11 Å². The minimum absolute atomic E-state index is 0.309. The lowest BCUT2D eigenvalue weighted by molar-refractivity contribution is 0.0600. The van der Waals surface area contributed by atoms with E-state index >= 15 is 0 Å². The van der Waals surface area contributed by atoms with Crippen LogP contribution in [0, 0.1) is 13.8 Å². The number of aliphatic imine (C=N–C) groups is 1. The molecular weight excluding hydrogens is 502 g/mol. The van der Waals surface area contributed by atoms with Crippen molar-refractivity contribution in [3.05, 3.63) is 77.2 Å². The van der Waals surface area contributed by atoms with E-state index in [4.69, 9.17) is 26.7 Å². The zero-order chi connectivity index (χ0) is 27.1. The van der Waals surface area contributed by atoms with Crippen molar-refractivity contribution in [1.29, 1.82) is 0 Å². The lowest BCUT2D eigenvalue weighted by atomic mass is 10.1. The number of thiocarbonyl (C=S) groups is 1. The van der Waals surface area contributed by atoms with Crippen molar-refractivity contribution in [2.45, 2.75) is 20.3 Å². The second-order valence-electron chi connectivity index (χ2n) is 8.45. The molecule has 4 rings (SSSR count). The van der Waals surface area contributed by atoms with Crippen molar-refractivity contribution in [1.82, 2.24) is 20.3 Å². The van der Waals surface area contributed by atoms with Crippen molar-refractivity contribution < 1.29 is 14.3 Å². The van der Waals surface area contributed by atoms with Crippen LogP contribution in [0.3, 0.4) is 0 Å². The number of hydrogen-bond acceptors (Lipinski definition) is 7. The van der Waals surface area contributed by atoms with Gasteiger partial charge in [-0.1, -0.05) is 0 Å². The Hall–Kier alpha value is -4.51. The SMILES string of the molecule is COC(=O)c1ccc(NC(=S)NC(=NCCc2c[nH]c3ccc(OC)cc23)Nc2nc(C)cc(C)n2)cc1. The zero-order valence-corrected chi connectivity index (χ0v) is 22.4. The Morgan fingerprint density at radius 2 is 1.76 bits per heavy atom. The first kappa shape index (κ1) is 26.6. The minimum Gasteiger partial charge on any atom is -0.497 e. The molecule has 0 aliphatic heterocycles. The average molecular weight is 532 g/mol. The number of methoxy groups -OCH3 is 2. The molecule has 0 amide bonds. The third-order valence-corrected chi connectivity index (χ3v) is 5.84. The van der Waals surface area contributed by atoms with Gasteiger partial charge >= 0.3 is 5.97 Å². The molecule has 2 heterocycles. The average Bonchev–Trinajstić information content (AvgIpc) is 3.30. The van der Waals surface area contributed by atoms with E-state index in [9.17, 15) is 4.79 Å². The normalized spacial score (nSPS) is 11.2. The summed E-state index contributed by atoms with van der Waals surface area (Å²) in [5.74, 6) is 1.21. The predicted molar refractivity (Wildman–Crippen MR) is 153 cm³/mol. The molecule has 11 heteroatoms. The van der Waals surface area contributed by atoms with Gasteiger partial charge in [0.25, 0.3) is 0 Å². The number of ether oxygens (including phenoxy) is 2. The fourth-order valence-corrected chi connectivity index (χ4v) is 4.07. The maximum Gasteiger partial charge on any atom is 0.337 e. The zero-order valence-electron chi connectivity index (χ0n) is 21.6. The Kier molecular flexibility index (Phi) is 8.49. The number of carbonyl (C=O) groups excluding carboxylic acids is 1. The molecule has 0 radical (unpaired) electrons. The van der Waals surface area contributed by atoms with Crippen molar-refractivity contribution in [3.8, 4) is 5.75 Å². The number of nitrogens with one attached hydrogen (secondary N) is 4. The van der Waals surface area contributed by atoms with Crippen molar-refractivity contribution in [3.63, 3.8) is 0 Å². The summed E-state index contributed by atoms with van der Waals surface area (Å²) < 4.78 is 10.1. The van der Waals surface area contributed by atoms with E-state index in [-0.39, 0.29) is 0 Å².